The zero-order valence-corrected chi connectivity index (χ0v) is 18.8. The molecule has 0 unspecified atom stereocenters. The minimum Gasteiger partial charge on any atom is -0.494 e. The quantitative estimate of drug-likeness (QED) is 0.466. The van der Waals surface area contributed by atoms with Crippen molar-refractivity contribution >= 4 is 23.4 Å². The molecule has 31 heavy (non-hydrogen) atoms. The minimum atomic E-state index is -0.582. The van der Waals surface area contributed by atoms with E-state index in [0.717, 1.165) is 12.0 Å². The van der Waals surface area contributed by atoms with Crippen molar-refractivity contribution in [2.24, 2.45) is 0 Å². The van der Waals surface area contributed by atoms with Crippen molar-refractivity contribution in [2.45, 2.75) is 52.1 Å². The molecule has 0 aliphatic carbocycles. The van der Waals surface area contributed by atoms with Crippen molar-refractivity contribution < 1.29 is 18.7 Å². The molecule has 2 amide bonds. The van der Waals surface area contributed by atoms with Crippen LogP contribution in [0.5, 0.6) is 5.75 Å². The second-order valence-corrected chi connectivity index (χ2v) is 7.71. The highest BCUT2D eigenvalue weighted by Gasteiger charge is 2.28. The summed E-state index contributed by atoms with van der Waals surface area (Å²) in [6.07, 6.45) is 2.06. The number of benzene rings is 2. The van der Waals surface area contributed by atoms with Crippen LogP contribution in [-0.2, 0) is 16.1 Å². The Labute approximate surface area is 188 Å². The number of amides is 2. The van der Waals surface area contributed by atoms with Crippen molar-refractivity contribution in [2.75, 3.05) is 13.2 Å². The molecule has 1 N–H and O–H groups in total. The van der Waals surface area contributed by atoms with Crippen molar-refractivity contribution in [3.63, 3.8) is 0 Å². The van der Waals surface area contributed by atoms with Gasteiger partial charge in [-0.05, 0) is 61.2 Å². The van der Waals surface area contributed by atoms with Crippen LogP contribution < -0.4 is 10.1 Å². The van der Waals surface area contributed by atoms with Gasteiger partial charge in [0, 0.05) is 24.5 Å². The zero-order chi connectivity index (χ0) is 22.6. The van der Waals surface area contributed by atoms with Crippen LogP contribution in [0.1, 0.15) is 45.1 Å². The summed E-state index contributed by atoms with van der Waals surface area (Å²) in [4.78, 5) is 27.3. The second kappa shape index (κ2) is 13.0. The molecule has 0 aliphatic rings. The third kappa shape index (κ3) is 8.21. The van der Waals surface area contributed by atoms with Gasteiger partial charge < -0.3 is 15.0 Å². The summed E-state index contributed by atoms with van der Waals surface area (Å²) in [6.45, 7) is 5.03. The largest absolute Gasteiger partial charge is 0.494 e. The molecule has 0 saturated carbocycles. The number of rotatable bonds is 12. The predicted molar refractivity (Wildman–Crippen MR) is 121 cm³/mol. The van der Waals surface area contributed by atoms with Gasteiger partial charge in [0.1, 0.15) is 17.6 Å². The monoisotopic (exact) mass is 448 g/mol. The molecule has 7 heteroatoms. The Morgan fingerprint density at radius 2 is 1.77 bits per heavy atom. The topological polar surface area (TPSA) is 58.6 Å². The number of hydrogen-bond donors (Lipinski definition) is 1. The number of carbonyl (C=O) groups is 2. The molecule has 0 aromatic heterocycles. The van der Waals surface area contributed by atoms with E-state index in [1.807, 2.05) is 13.8 Å². The SMILES string of the molecule is CCCNC(=O)[C@@H](CC)N(Cc1ccc(F)cc1)C(=O)CCCOc1ccc(Cl)cc1. The predicted octanol–water partition coefficient (Wildman–Crippen LogP) is 4.97. The first-order valence-corrected chi connectivity index (χ1v) is 11.0. The molecule has 0 radical (unpaired) electrons. The molecule has 0 fully saturated rings. The van der Waals surface area contributed by atoms with Gasteiger partial charge in [-0.15, -0.1) is 0 Å². The Hall–Kier alpha value is -2.60. The molecule has 2 aromatic carbocycles. The maximum Gasteiger partial charge on any atom is 0.242 e. The van der Waals surface area contributed by atoms with Gasteiger partial charge in [0.15, 0.2) is 0 Å². The van der Waals surface area contributed by atoms with Gasteiger partial charge in [-0.1, -0.05) is 37.6 Å². The standard InChI is InChI=1S/C24H30ClFN2O3/c1-3-15-27-24(30)22(4-2)28(17-18-7-11-20(26)12-8-18)23(29)6-5-16-31-21-13-9-19(25)10-14-21/h7-14,22H,3-6,15-17H2,1-2H3,(H,27,30)/t22-/m1/s1. The van der Waals surface area contributed by atoms with E-state index < -0.39 is 6.04 Å². The fourth-order valence-electron chi connectivity index (χ4n) is 3.16. The van der Waals surface area contributed by atoms with Gasteiger partial charge in [-0.25, -0.2) is 4.39 Å². The van der Waals surface area contributed by atoms with Crippen LogP contribution in [0.2, 0.25) is 5.02 Å². The second-order valence-electron chi connectivity index (χ2n) is 7.27. The van der Waals surface area contributed by atoms with Crippen LogP contribution in [0.25, 0.3) is 0 Å². The van der Waals surface area contributed by atoms with Gasteiger partial charge in [0.2, 0.25) is 11.8 Å². The molecule has 1 atom stereocenters. The van der Waals surface area contributed by atoms with Crippen molar-refractivity contribution in [1.29, 1.82) is 0 Å². The van der Waals surface area contributed by atoms with Crippen molar-refractivity contribution in [1.82, 2.24) is 10.2 Å². The molecule has 0 aliphatic heterocycles. The molecule has 0 heterocycles. The van der Waals surface area contributed by atoms with E-state index in [4.69, 9.17) is 16.3 Å². The lowest BCUT2D eigenvalue weighted by atomic mass is 10.1. The summed E-state index contributed by atoms with van der Waals surface area (Å²) in [7, 11) is 0. The average molecular weight is 449 g/mol. The molecular weight excluding hydrogens is 419 g/mol. The summed E-state index contributed by atoms with van der Waals surface area (Å²) in [6, 6.07) is 12.4. The van der Waals surface area contributed by atoms with Gasteiger partial charge in [0.25, 0.3) is 0 Å². The molecule has 0 spiro atoms. The number of nitrogens with one attached hydrogen (secondary N) is 1. The van der Waals surface area contributed by atoms with E-state index in [1.165, 1.54) is 12.1 Å². The molecule has 0 saturated heterocycles. The Kier molecular flexibility index (Phi) is 10.3. The molecule has 0 bridgehead atoms. The number of carbonyl (C=O) groups excluding carboxylic acids is 2. The fraction of sp³-hybridized carbons (Fsp3) is 0.417. The molecule has 2 aromatic rings. The third-order valence-electron chi connectivity index (χ3n) is 4.82. The molecule has 2 rings (SSSR count). The van der Waals surface area contributed by atoms with E-state index in [9.17, 15) is 14.0 Å². The van der Waals surface area contributed by atoms with Gasteiger partial charge in [0.05, 0.1) is 6.61 Å². The lowest BCUT2D eigenvalue weighted by molar-refractivity contribution is -0.141. The van der Waals surface area contributed by atoms with Crippen LogP contribution in [0, 0.1) is 5.82 Å². The molecular formula is C24H30ClFN2O3. The maximum absolute atomic E-state index is 13.3. The van der Waals surface area contributed by atoms with Gasteiger partial charge in [-0.3, -0.25) is 9.59 Å². The first-order chi connectivity index (χ1) is 14.9. The molecule has 168 valence electrons. The van der Waals surface area contributed by atoms with E-state index >= 15 is 0 Å². The highest BCUT2D eigenvalue weighted by atomic mass is 35.5. The first kappa shape index (κ1) is 24.7. The van der Waals surface area contributed by atoms with E-state index in [1.54, 1.807) is 41.3 Å². The third-order valence-corrected chi connectivity index (χ3v) is 5.07. The van der Waals surface area contributed by atoms with E-state index in [2.05, 4.69) is 5.32 Å². The normalized spacial score (nSPS) is 11.6. The summed E-state index contributed by atoms with van der Waals surface area (Å²) in [5, 5.41) is 3.51. The number of halogens is 2. The summed E-state index contributed by atoms with van der Waals surface area (Å²) in [5.74, 6) is 0.0406. The lowest BCUT2D eigenvalue weighted by Crippen LogP contribution is -2.49. The Morgan fingerprint density at radius 1 is 1.10 bits per heavy atom. The highest BCUT2D eigenvalue weighted by molar-refractivity contribution is 6.30. The van der Waals surface area contributed by atoms with Crippen LogP contribution in [0.3, 0.4) is 0 Å². The summed E-state index contributed by atoms with van der Waals surface area (Å²) < 4.78 is 18.9. The van der Waals surface area contributed by atoms with Gasteiger partial charge >= 0.3 is 0 Å². The van der Waals surface area contributed by atoms with Gasteiger partial charge in [-0.2, -0.15) is 0 Å². The summed E-state index contributed by atoms with van der Waals surface area (Å²) >= 11 is 5.87. The fourth-order valence-corrected chi connectivity index (χ4v) is 3.29. The average Bonchev–Trinajstić information content (AvgIpc) is 2.77. The van der Waals surface area contributed by atoms with Crippen molar-refractivity contribution in [3.05, 3.63) is 64.9 Å². The van der Waals surface area contributed by atoms with Crippen LogP contribution in [0.4, 0.5) is 4.39 Å². The lowest BCUT2D eigenvalue weighted by Gasteiger charge is -2.30. The number of ether oxygens (including phenoxy) is 1. The first-order valence-electron chi connectivity index (χ1n) is 10.6. The number of hydrogen-bond acceptors (Lipinski definition) is 3. The van der Waals surface area contributed by atoms with Crippen LogP contribution >= 0.6 is 11.6 Å². The zero-order valence-electron chi connectivity index (χ0n) is 18.1. The van der Waals surface area contributed by atoms with Crippen molar-refractivity contribution in [3.8, 4) is 5.75 Å². The van der Waals surface area contributed by atoms with Crippen LogP contribution in [0.15, 0.2) is 48.5 Å². The maximum atomic E-state index is 13.3. The van der Waals surface area contributed by atoms with E-state index in [-0.39, 0.29) is 30.6 Å². The van der Waals surface area contributed by atoms with Crippen LogP contribution in [-0.4, -0.2) is 35.9 Å². The Balaban J connectivity index is 2.02. The Morgan fingerprint density at radius 3 is 2.39 bits per heavy atom. The highest BCUT2D eigenvalue weighted by Crippen LogP contribution is 2.17. The van der Waals surface area contributed by atoms with E-state index in [0.29, 0.717) is 36.8 Å². The minimum absolute atomic E-state index is 0.137. The number of nitrogens with zero attached hydrogens (tertiary/aromatic N) is 1. The summed E-state index contributed by atoms with van der Waals surface area (Å²) in [5.41, 5.74) is 0.772. The smallest absolute Gasteiger partial charge is 0.242 e. The molecule has 5 nitrogen and oxygen atoms in total. The Bertz CT molecular complexity index is 828.